The van der Waals surface area contributed by atoms with Crippen LogP contribution in [0, 0.1) is 0 Å². The molecule has 0 aromatic heterocycles. The zero-order valence-electron chi connectivity index (χ0n) is 12.9. The molecule has 0 heterocycles. The average Bonchev–Trinajstić information content (AvgIpc) is 2.26. The highest BCUT2D eigenvalue weighted by molar-refractivity contribution is 7.87. The second-order valence-electron chi connectivity index (χ2n) is 4.81. The van der Waals surface area contributed by atoms with Crippen LogP contribution in [-0.2, 0) is 38.5 Å². The van der Waals surface area contributed by atoms with Crippen molar-refractivity contribution >= 4 is 50.6 Å². The van der Waals surface area contributed by atoms with Crippen molar-refractivity contribution in [2.75, 3.05) is 11.5 Å². The Labute approximate surface area is 156 Å². The first-order chi connectivity index (χ1) is 11.7. The monoisotopic (exact) mass is 540 g/mol. The van der Waals surface area contributed by atoms with Crippen LogP contribution in [0.4, 0.5) is 0 Å². The lowest BCUT2D eigenvalue weighted by Crippen LogP contribution is -2.21. The van der Waals surface area contributed by atoms with Gasteiger partial charge in [-0.25, -0.2) is 0 Å². The van der Waals surface area contributed by atoms with Crippen molar-refractivity contribution in [1.29, 1.82) is 0 Å². The summed E-state index contributed by atoms with van der Waals surface area (Å²) in [6.45, 7) is 0. The lowest BCUT2D eigenvalue weighted by atomic mass is 10.9. The van der Waals surface area contributed by atoms with Crippen molar-refractivity contribution in [2.45, 2.75) is 10.8 Å². The minimum atomic E-state index is -5.30. The molecule has 18 nitrogen and oxygen atoms in total. The Morgan fingerprint density at radius 1 is 0.500 bits per heavy atom. The highest BCUT2D eigenvalue weighted by Crippen LogP contribution is 2.60. The maximum atomic E-state index is 10.5. The van der Waals surface area contributed by atoms with E-state index >= 15 is 0 Å². The molecule has 0 spiro atoms. The Kier molecular flexibility index (Phi) is 10.6. The fourth-order valence-corrected chi connectivity index (χ4v) is 10.4. The molecule has 0 saturated carbocycles. The van der Waals surface area contributed by atoms with Gasteiger partial charge in [-0.05, 0) is 0 Å². The van der Waals surface area contributed by atoms with Crippen molar-refractivity contribution in [3.8, 4) is 0 Å². The van der Waals surface area contributed by atoms with Crippen LogP contribution in [0.25, 0.3) is 0 Å². The van der Waals surface area contributed by atoms with Gasteiger partial charge >= 0.3 is 30.4 Å². The van der Waals surface area contributed by atoms with E-state index in [0.29, 0.717) is 0 Å². The van der Waals surface area contributed by atoms with E-state index in [-0.39, 0.29) is 0 Å². The Hall–Kier alpha value is 0.420. The van der Waals surface area contributed by atoms with E-state index in [1.54, 1.807) is 0 Å². The number of rotatable bonds is 8. The largest absolute Gasteiger partial charge is 0.341 e. The zero-order chi connectivity index (χ0) is 23.6. The van der Waals surface area contributed by atoms with E-state index in [1.807, 2.05) is 0 Å². The SMILES string of the molecule is O=P(O)(O)C(CS(=O)(=O)O)P(=O)(O)O.O=P(O)(O)C(CS(=O)(=O)O)P(=O)(O)O. The highest BCUT2D eigenvalue weighted by atomic mass is 32.2. The van der Waals surface area contributed by atoms with Crippen LogP contribution in [0.5, 0.6) is 0 Å². The molecule has 0 bridgehead atoms. The summed E-state index contributed by atoms with van der Waals surface area (Å²) >= 11 is 0. The van der Waals surface area contributed by atoms with Gasteiger partial charge in [0, 0.05) is 0 Å². The Morgan fingerprint density at radius 3 is 0.679 bits per heavy atom. The summed E-state index contributed by atoms with van der Waals surface area (Å²) in [5.41, 5.74) is 0. The van der Waals surface area contributed by atoms with E-state index in [4.69, 9.17) is 48.3 Å². The first-order valence-corrected chi connectivity index (χ1v) is 15.7. The van der Waals surface area contributed by atoms with Crippen LogP contribution in [-0.4, -0.2) is 87.4 Å². The molecule has 0 aromatic rings. The molecule has 28 heavy (non-hydrogen) atoms. The Morgan fingerprint density at radius 2 is 0.643 bits per heavy atom. The van der Waals surface area contributed by atoms with Crippen LogP contribution in [0.15, 0.2) is 0 Å². The summed E-state index contributed by atoms with van der Waals surface area (Å²) in [5.74, 6) is -3.39. The van der Waals surface area contributed by atoms with Gasteiger partial charge in [0.2, 0.25) is 0 Å². The fourth-order valence-electron chi connectivity index (χ4n) is 1.16. The fraction of sp³-hybridized carbons (Fsp3) is 1.00. The normalized spacial score (nSPS) is 14.7. The molecule has 0 fully saturated rings. The van der Waals surface area contributed by atoms with E-state index in [2.05, 4.69) is 0 Å². The lowest BCUT2D eigenvalue weighted by Gasteiger charge is -2.17. The minimum Gasteiger partial charge on any atom is -0.324 e. The molecular formula is C4H16O18P4S2. The van der Waals surface area contributed by atoms with Crippen LogP contribution in [0.3, 0.4) is 0 Å². The standard InChI is InChI=1S/2C2H8O9P2S/c2*3-12(4,5)2(13(6,7)8)1-14(9,10)11/h2*2H,1H2,(H2,3,4,5)(H2,6,7,8)(H,9,10,11). The molecule has 0 rings (SSSR count). The topological polar surface area (TPSA) is 339 Å². The molecule has 0 atom stereocenters. The van der Waals surface area contributed by atoms with Gasteiger partial charge in [0.1, 0.15) is 11.5 Å². The third kappa shape index (κ3) is 14.4. The molecule has 24 heteroatoms. The van der Waals surface area contributed by atoms with Crippen LogP contribution in [0.2, 0.25) is 0 Å². The third-order valence-electron chi connectivity index (χ3n) is 2.27. The average molecular weight is 540 g/mol. The maximum absolute atomic E-state index is 10.5. The summed E-state index contributed by atoms with van der Waals surface area (Å²) < 4.78 is 99.1. The molecule has 0 saturated heterocycles. The summed E-state index contributed by atoms with van der Waals surface area (Å²) in [6, 6.07) is 0. The first kappa shape index (κ1) is 30.6. The Balaban J connectivity index is 0. The van der Waals surface area contributed by atoms with Gasteiger partial charge in [-0.1, -0.05) is 0 Å². The first-order valence-electron chi connectivity index (χ1n) is 5.79. The molecule has 0 radical (unpaired) electrons. The molecule has 172 valence electrons. The van der Waals surface area contributed by atoms with Crippen molar-refractivity contribution < 1.29 is 83.3 Å². The Bertz CT molecular complexity index is 800. The zero-order valence-corrected chi connectivity index (χ0v) is 18.1. The summed E-state index contributed by atoms with van der Waals surface area (Å²) in [5, 5.41) is -5.46. The summed E-state index contributed by atoms with van der Waals surface area (Å²) in [7, 11) is -30.9. The molecular weight excluding hydrogens is 524 g/mol. The van der Waals surface area contributed by atoms with E-state index in [0.717, 1.165) is 0 Å². The smallest absolute Gasteiger partial charge is 0.324 e. The predicted molar refractivity (Wildman–Crippen MR) is 88.6 cm³/mol. The molecule has 0 aromatic carbocycles. The van der Waals surface area contributed by atoms with E-state index < -0.39 is 72.9 Å². The maximum Gasteiger partial charge on any atom is 0.341 e. The molecule has 0 amide bonds. The molecule has 0 aliphatic heterocycles. The summed E-state index contributed by atoms with van der Waals surface area (Å²) in [4.78, 5) is 67.4. The van der Waals surface area contributed by atoms with Crippen molar-refractivity contribution in [3.05, 3.63) is 0 Å². The summed E-state index contributed by atoms with van der Waals surface area (Å²) in [6.07, 6.45) is 0. The van der Waals surface area contributed by atoms with Crippen molar-refractivity contribution in [1.82, 2.24) is 0 Å². The van der Waals surface area contributed by atoms with Crippen molar-refractivity contribution in [2.24, 2.45) is 0 Å². The van der Waals surface area contributed by atoms with E-state index in [1.165, 1.54) is 0 Å². The van der Waals surface area contributed by atoms with Gasteiger partial charge in [0.15, 0.2) is 10.8 Å². The van der Waals surface area contributed by atoms with Gasteiger partial charge < -0.3 is 39.1 Å². The van der Waals surface area contributed by atoms with E-state index in [9.17, 15) is 35.1 Å². The van der Waals surface area contributed by atoms with Crippen LogP contribution >= 0.6 is 30.4 Å². The second-order valence-corrected chi connectivity index (χ2v) is 15.8. The van der Waals surface area contributed by atoms with Crippen LogP contribution < -0.4 is 0 Å². The molecule has 0 aliphatic carbocycles. The predicted octanol–water partition coefficient (Wildman–Crippen LogP) is -2.89. The van der Waals surface area contributed by atoms with Gasteiger partial charge in [-0.3, -0.25) is 27.4 Å². The minimum absolute atomic E-state index is 1.69. The van der Waals surface area contributed by atoms with Gasteiger partial charge in [-0.15, -0.1) is 0 Å². The second kappa shape index (κ2) is 9.70. The molecule has 0 aliphatic rings. The molecule has 0 unspecified atom stereocenters. The van der Waals surface area contributed by atoms with Crippen molar-refractivity contribution in [3.63, 3.8) is 0 Å². The van der Waals surface area contributed by atoms with Gasteiger partial charge in [0.25, 0.3) is 20.2 Å². The lowest BCUT2D eigenvalue weighted by molar-refractivity contribution is 0.337. The number of hydrogen-bond acceptors (Lipinski definition) is 8. The highest BCUT2D eigenvalue weighted by Gasteiger charge is 2.46. The number of hydrogen-bond donors (Lipinski definition) is 10. The van der Waals surface area contributed by atoms with Crippen LogP contribution in [0.1, 0.15) is 0 Å². The van der Waals surface area contributed by atoms with Gasteiger partial charge in [-0.2, -0.15) is 16.8 Å². The quantitative estimate of drug-likeness (QED) is 0.109. The molecule has 10 N–H and O–H groups in total. The van der Waals surface area contributed by atoms with Gasteiger partial charge in [0.05, 0.1) is 0 Å². The third-order valence-corrected chi connectivity index (χ3v) is 12.2.